The molecule has 144 valence electrons. The van der Waals surface area contributed by atoms with Gasteiger partial charge in [-0.1, -0.05) is 12.2 Å². The molecule has 27 heavy (non-hydrogen) atoms. The van der Waals surface area contributed by atoms with Crippen LogP contribution in [0.4, 0.5) is 5.69 Å². The number of nitrogens with zero attached hydrogens (tertiary/aromatic N) is 2. The molecule has 3 rings (SSSR count). The zero-order valence-electron chi connectivity index (χ0n) is 15.7. The van der Waals surface area contributed by atoms with Crippen molar-refractivity contribution in [3.05, 3.63) is 30.1 Å². The zero-order valence-corrected chi connectivity index (χ0v) is 16.5. The molecular weight excluding hydrogens is 366 g/mol. The van der Waals surface area contributed by atoms with Crippen LogP contribution in [0.1, 0.15) is 5.69 Å². The number of methoxy groups -OCH3 is 3. The van der Waals surface area contributed by atoms with Crippen LogP contribution in [0.5, 0.6) is 17.2 Å². The van der Waals surface area contributed by atoms with Gasteiger partial charge in [-0.15, -0.1) is 0 Å². The molecule has 2 aromatic rings. The van der Waals surface area contributed by atoms with Gasteiger partial charge in [0.15, 0.2) is 11.5 Å². The minimum atomic E-state index is 0.526. The summed E-state index contributed by atoms with van der Waals surface area (Å²) in [7, 11) is 4.73. The maximum absolute atomic E-state index is 6.27. The summed E-state index contributed by atoms with van der Waals surface area (Å²) in [6, 6.07) is 5.57. The van der Waals surface area contributed by atoms with E-state index in [9.17, 15) is 0 Å². The van der Waals surface area contributed by atoms with Crippen molar-refractivity contribution in [3.8, 4) is 28.4 Å². The predicted octanol–water partition coefficient (Wildman–Crippen LogP) is 2.36. The Morgan fingerprint density at radius 2 is 1.67 bits per heavy atom. The van der Waals surface area contributed by atoms with E-state index < -0.39 is 0 Å². The standard InChI is InChI=1S/C19H23N3O4S/c1-23-15-9-12(10-16(24-2)18(15)25-3)13-8-14(20)17(21-11-13)19(27)22-4-6-26-7-5-22/h8-11H,4-7,20H2,1-3H3. The van der Waals surface area contributed by atoms with E-state index in [0.29, 0.717) is 46.8 Å². The van der Waals surface area contributed by atoms with Gasteiger partial charge < -0.3 is 29.6 Å². The number of aromatic nitrogens is 1. The third-order valence-electron chi connectivity index (χ3n) is 4.42. The first-order valence-electron chi connectivity index (χ1n) is 8.52. The van der Waals surface area contributed by atoms with Crippen molar-refractivity contribution in [3.63, 3.8) is 0 Å². The summed E-state index contributed by atoms with van der Waals surface area (Å²) in [6.45, 7) is 2.80. The largest absolute Gasteiger partial charge is 0.493 e. The smallest absolute Gasteiger partial charge is 0.203 e. The molecule has 0 bridgehead atoms. The third-order valence-corrected chi connectivity index (χ3v) is 4.87. The molecule has 0 aliphatic carbocycles. The summed E-state index contributed by atoms with van der Waals surface area (Å²) in [5.41, 5.74) is 9.10. The first kappa shape index (κ1) is 19.2. The van der Waals surface area contributed by atoms with E-state index in [2.05, 4.69) is 9.88 Å². The number of ether oxygens (including phenoxy) is 4. The Morgan fingerprint density at radius 1 is 1.04 bits per heavy atom. The second-order valence-corrected chi connectivity index (χ2v) is 6.37. The fraction of sp³-hybridized carbons (Fsp3) is 0.368. The second-order valence-electron chi connectivity index (χ2n) is 5.98. The van der Waals surface area contributed by atoms with E-state index in [1.54, 1.807) is 27.5 Å². The van der Waals surface area contributed by atoms with Crippen molar-refractivity contribution in [1.29, 1.82) is 0 Å². The van der Waals surface area contributed by atoms with E-state index in [-0.39, 0.29) is 0 Å². The average Bonchev–Trinajstić information content (AvgIpc) is 2.72. The van der Waals surface area contributed by atoms with Gasteiger partial charge in [0.25, 0.3) is 0 Å². The van der Waals surface area contributed by atoms with Crippen LogP contribution in [0.25, 0.3) is 11.1 Å². The highest BCUT2D eigenvalue weighted by molar-refractivity contribution is 7.80. The summed E-state index contributed by atoms with van der Waals surface area (Å²) < 4.78 is 21.6. The van der Waals surface area contributed by atoms with Gasteiger partial charge in [0.1, 0.15) is 10.7 Å². The van der Waals surface area contributed by atoms with Gasteiger partial charge in [0.05, 0.1) is 40.2 Å². The first-order valence-corrected chi connectivity index (χ1v) is 8.92. The molecule has 0 spiro atoms. The van der Waals surface area contributed by atoms with Crippen LogP contribution in [-0.4, -0.2) is 62.5 Å². The van der Waals surface area contributed by atoms with Gasteiger partial charge in [-0.2, -0.15) is 0 Å². The number of morpholine rings is 1. The van der Waals surface area contributed by atoms with Crippen LogP contribution in [0.2, 0.25) is 0 Å². The highest BCUT2D eigenvalue weighted by Crippen LogP contribution is 2.41. The van der Waals surface area contributed by atoms with E-state index in [1.807, 2.05) is 18.2 Å². The van der Waals surface area contributed by atoms with Crippen molar-refractivity contribution in [1.82, 2.24) is 9.88 Å². The minimum Gasteiger partial charge on any atom is -0.493 e. The van der Waals surface area contributed by atoms with E-state index in [1.165, 1.54) is 0 Å². The number of anilines is 1. The predicted molar refractivity (Wildman–Crippen MR) is 108 cm³/mol. The Morgan fingerprint density at radius 3 is 2.19 bits per heavy atom. The van der Waals surface area contributed by atoms with Gasteiger partial charge >= 0.3 is 0 Å². The van der Waals surface area contributed by atoms with Crippen LogP contribution in [0, 0.1) is 0 Å². The molecule has 0 saturated carbocycles. The van der Waals surface area contributed by atoms with Crippen LogP contribution in [0.15, 0.2) is 24.4 Å². The molecule has 0 atom stereocenters. The Balaban J connectivity index is 1.94. The number of pyridine rings is 1. The lowest BCUT2D eigenvalue weighted by atomic mass is 10.0. The lowest BCUT2D eigenvalue weighted by molar-refractivity contribution is 0.0692. The number of hydrogen-bond acceptors (Lipinski definition) is 7. The fourth-order valence-electron chi connectivity index (χ4n) is 2.98. The molecule has 2 heterocycles. The highest BCUT2D eigenvalue weighted by Gasteiger charge is 2.19. The normalized spacial score (nSPS) is 14.0. The van der Waals surface area contributed by atoms with Gasteiger partial charge in [-0.05, 0) is 23.8 Å². The van der Waals surface area contributed by atoms with E-state index >= 15 is 0 Å². The van der Waals surface area contributed by atoms with Gasteiger partial charge in [-0.25, -0.2) is 0 Å². The number of benzene rings is 1. The Hall–Kier alpha value is -2.58. The molecule has 0 unspecified atom stereocenters. The van der Waals surface area contributed by atoms with Gasteiger partial charge in [0.2, 0.25) is 5.75 Å². The van der Waals surface area contributed by atoms with E-state index in [0.717, 1.165) is 24.2 Å². The van der Waals surface area contributed by atoms with Crippen LogP contribution in [0.3, 0.4) is 0 Å². The third kappa shape index (κ3) is 3.91. The Labute approximate surface area is 164 Å². The molecule has 1 aromatic carbocycles. The molecule has 1 aliphatic rings. The molecule has 0 amide bonds. The zero-order chi connectivity index (χ0) is 19.4. The van der Waals surface area contributed by atoms with Crippen molar-refractivity contribution in [2.24, 2.45) is 0 Å². The number of rotatable bonds is 5. The van der Waals surface area contributed by atoms with Crippen molar-refractivity contribution >= 4 is 22.9 Å². The topological polar surface area (TPSA) is 79.1 Å². The summed E-state index contributed by atoms with van der Waals surface area (Å²) in [6.07, 6.45) is 1.75. The average molecular weight is 389 g/mol. The van der Waals surface area contributed by atoms with Gasteiger partial charge in [0, 0.05) is 24.8 Å². The Bertz CT molecular complexity index is 813. The SMILES string of the molecule is COc1cc(-c2cnc(C(=S)N3CCOCC3)c(N)c2)cc(OC)c1OC. The molecule has 8 heteroatoms. The molecule has 1 fully saturated rings. The molecule has 1 aromatic heterocycles. The molecule has 0 radical (unpaired) electrons. The fourth-order valence-corrected chi connectivity index (χ4v) is 3.34. The summed E-state index contributed by atoms with van der Waals surface area (Å²) in [5, 5.41) is 0. The molecule has 1 aliphatic heterocycles. The van der Waals surface area contributed by atoms with Crippen molar-refractivity contribution < 1.29 is 18.9 Å². The number of nitrogens with two attached hydrogens (primary N) is 1. The van der Waals surface area contributed by atoms with Crippen LogP contribution in [-0.2, 0) is 4.74 Å². The lowest BCUT2D eigenvalue weighted by Crippen LogP contribution is -2.40. The number of hydrogen-bond donors (Lipinski definition) is 1. The molecule has 2 N–H and O–H groups in total. The summed E-state index contributed by atoms with van der Waals surface area (Å²) >= 11 is 5.57. The number of thiocarbonyl (C=S) groups is 1. The van der Waals surface area contributed by atoms with Crippen molar-refractivity contribution in [2.45, 2.75) is 0 Å². The quantitative estimate of drug-likeness (QED) is 0.781. The lowest BCUT2D eigenvalue weighted by Gasteiger charge is -2.29. The van der Waals surface area contributed by atoms with Crippen molar-refractivity contribution in [2.75, 3.05) is 53.4 Å². The maximum atomic E-state index is 6.27. The maximum Gasteiger partial charge on any atom is 0.203 e. The Kier molecular flexibility index (Phi) is 5.98. The summed E-state index contributed by atoms with van der Waals surface area (Å²) in [4.78, 5) is 7.23. The summed E-state index contributed by atoms with van der Waals surface area (Å²) in [5.74, 6) is 1.67. The molecule has 1 saturated heterocycles. The monoisotopic (exact) mass is 389 g/mol. The second kappa shape index (κ2) is 8.41. The van der Waals surface area contributed by atoms with Gasteiger partial charge in [-0.3, -0.25) is 4.98 Å². The van der Waals surface area contributed by atoms with Crippen LogP contribution < -0.4 is 19.9 Å². The van der Waals surface area contributed by atoms with E-state index in [4.69, 9.17) is 36.9 Å². The molecular formula is C19H23N3O4S. The van der Waals surface area contributed by atoms with Crippen LogP contribution >= 0.6 is 12.2 Å². The minimum absolute atomic E-state index is 0.526. The number of nitrogen functional groups attached to an aromatic ring is 1. The molecule has 7 nitrogen and oxygen atoms in total. The first-order chi connectivity index (χ1) is 13.1. The highest BCUT2D eigenvalue weighted by atomic mass is 32.1.